The van der Waals surface area contributed by atoms with Gasteiger partial charge < -0.3 is 5.32 Å². The first kappa shape index (κ1) is 13.9. The summed E-state index contributed by atoms with van der Waals surface area (Å²) in [5.74, 6) is 0.548. The van der Waals surface area contributed by atoms with Crippen LogP contribution in [0.15, 0.2) is 12.3 Å². The smallest absolute Gasteiger partial charge is 0.334 e. The number of aromatic nitrogens is 4. The van der Waals surface area contributed by atoms with Crippen LogP contribution in [0.25, 0.3) is 5.82 Å². The number of aryl methyl sites for hydroxylation is 2. The number of hydrogen-bond acceptors (Lipinski definition) is 6. The molecule has 2 aromatic heterocycles. The fourth-order valence-corrected chi connectivity index (χ4v) is 1.77. The van der Waals surface area contributed by atoms with E-state index in [9.17, 15) is 10.1 Å². The minimum absolute atomic E-state index is 0.129. The number of anilines is 1. The monoisotopic (exact) mass is 276 g/mol. The number of nitrogens with zero attached hydrogens (tertiary/aromatic N) is 5. The molecule has 0 aromatic carbocycles. The second-order valence-electron chi connectivity index (χ2n) is 4.39. The minimum atomic E-state index is -0.481. The highest BCUT2D eigenvalue weighted by Crippen LogP contribution is 2.24. The van der Waals surface area contributed by atoms with Crippen LogP contribution in [0.1, 0.15) is 24.7 Å². The maximum Gasteiger partial charge on any atom is 0.334 e. The molecule has 0 aliphatic rings. The zero-order valence-corrected chi connectivity index (χ0v) is 11.6. The Bertz CT molecular complexity index is 637. The zero-order chi connectivity index (χ0) is 14.7. The van der Waals surface area contributed by atoms with Crippen LogP contribution in [-0.2, 0) is 0 Å². The summed E-state index contributed by atoms with van der Waals surface area (Å²) >= 11 is 0. The Morgan fingerprint density at radius 3 is 2.70 bits per heavy atom. The Morgan fingerprint density at radius 1 is 1.40 bits per heavy atom. The lowest BCUT2D eigenvalue weighted by Gasteiger charge is -2.08. The van der Waals surface area contributed by atoms with Gasteiger partial charge >= 0.3 is 5.69 Å². The molecule has 20 heavy (non-hydrogen) atoms. The molecule has 8 nitrogen and oxygen atoms in total. The summed E-state index contributed by atoms with van der Waals surface area (Å²) in [5, 5.41) is 18.4. The van der Waals surface area contributed by atoms with E-state index >= 15 is 0 Å². The lowest BCUT2D eigenvalue weighted by molar-refractivity contribution is -0.385. The molecule has 0 atom stereocenters. The molecule has 0 fully saturated rings. The molecule has 2 heterocycles. The van der Waals surface area contributed by atoms with Gasteiger partial charge in [0.25, 0.3) is 0 Å². The molecule has 0 unspecified atom stereocenters. The summed E-state index contributed by atoms with van der Waals surface area (Å²) in [5.41, 5.74) is 0.945. The number of rotatable bonds is 5. The predicted molar refractivity (Wildman–Crippen MR) is 74.1 cm³/mol. The van der Waals surface area contributed by atoms with Gasteiger partial charge in [0.2, 0.25) is 11.8 Å². The summed E-state index contributed by atoms with van der Waals surface area (Å²) in [7, 11) is 0. The van der Waals surface area contributed by atoms with Crippen LogP contribution >= 0.6 is 0 Å². The Balaban J connectivity index is 2.55. The average molecular weight is 276 g/mol. The van der Waals surface area contributed by atoms with Crippen molar-refractivity contribution >= 4 is 11.6 Å². The molecule has 2 rings (SSSR count). The van der Waals surface area contributed by atoms with Gasteiger partial charge in [-0.1, -0.05) is 6.92 Å². The molecule has 1 N–H and O–H groups in total. The van der Waals surface area contributed by atoms with Crippen LogP contribution in [0.4, 0.5) is 11.6 Å². The van der Waals surface area contributed by atoms with Gasteiger partial charge in [0.1, 0.15) is 5.69 Å². The van der Waals surface area contributed by atoms with E-state index in [4.69, 9.17) is 0 Å². The standard InChI is InChI=1S/C12H16N6O2/c1-4-6-13-12-14-9(3)10(18(19)20)11(15-12)17-7-5-8(2)16-17/h5,7H,4,6H2,1-3H3,(H,13,14,15). The Labute approximate surface area is 116 Å². The van der Waals surface area contributed by atoms with E-state index in [1.807, 2.05) is 13.8 Å². The second kappa shape index (κ2) is 5.64. The van der Waals surface area contributed by atoms with Crippen molar-refractivity contribution in [3.05, 3.63) is 33.8 Å². The third kappa shape index (κ3) is 2.73. The molecule has 8 heteroatoms. The highest BCUT2D eigenvalue weighted by molar-refractivity contribution is 5.53. The van der Waals surface area contributed by atoms with Gasteiger partial charge in [0.15, 0.2) is 0 Å². The van der Waals surface area contributed by atoms with E-state index in [2.05, 4.69) is 20.4 Å². The van der Waals surface area contributed by atoms with Crippen LogP contribution in [0.3, 0.4) is 0 Å². The first-order valence-corrected chi connectivity index (χ1v) is 6.32. The Kier molecular flexibility index (Phi) is 3.92. The van der Waals surface area contributed by atoms with Crippen LogP contribution in [0.2, 0.25) is 0 Å². The number of hydrogen-bond donors (Lipinski definition) is 1. The molecule has 0 radical (unpaired) electrons. The highest BCUT2D eigenvalue weighted by Gasteiger charge is 2.23. The Hall–Kier alpha value is -2.51. The topological polar surface area (TPSA) is 98.8 Å². The van der Waals surface area contributed by atoms with Crippen molar-refractivity contribution in [2.75, 3.05) is 11.9 Å². The molecule has 0 amide bonds. The Morgan fingerprint density at radius 2 is 2.15 bits per heavy atom. The molecule has 0 spiro atoms. The maximum atomic E-state index is 11.2. The van der Waals surface area contributed by atoms with Gasteiger partial charge in [0, 0.05) is 12.7 Å². The summed E-state index contributed by atoms with van der Waals surface area (Å²) in [6.45, 7) is 6.13. The molecular formula is C12H16N6O2. The van der Waals surface area contributed by atoms with Crippen molar-refractivity contribution < 1.29 is 4.92 Å². The van der Waals surface area contributed by atoms with Crippen molar-refractivity contribution in [1.82, 2.24) is 19.7 Å². The highest BCUT2D eigenvalue weighted by atomic mass is 16.6. The van der Waals surface area contributed by atoms with Crippen molar-refractivity contribution in [2.45, 2.75) is 27.2 Å². The van der Waals surface area contributed by atoms with Crippen molar-refractivity contribution in [3.63, 3.8) is 0 Å². The van der Waals surface area contributed by atoms with Gasteiger partial charge in [-0.3, -0.25) is 10.1 Å². The van der Waals surface area contributed by atoms with Gasteiger partial charge in [-0.25, -0.2) is 9.67 Å². The van der Waals surface area contributed by atoms with Crippen LogP contribution in [0.5, 0.6) is 0 Å². The molecule has 0 bridgehead atoms. The average Bonchev–Trinajstić information content (AvgIpc) is 2.81. The third-order valence-corrected chi connectivity index (χ3v) is 2.70. The fourth-order valence-electron chi connectivity index (χ4n) is 1.77. The first-order chi connectivity index (χ1) is 9.52. The van der Waals surface area contributed by atoms with Crippen molar-refractivity contribution in [3.8, 4) is 5.82 Å². The minimum Gasteiger partial charge on any atom is -0.354 e. The largest absolute Gasteiger partial charge is 0.354 e. The summed E-state index contributed by atoms with van der Waals surface area (Å²) in [6.07, 6.45) is 2.56. The molecular weight excluding hydrogens is 260 g/mol. The molecule has 0 saturated heterocycles. The third-order valence-electron chi connectivity index (χ3n) is 2.70. The molecule has 0 aliphatic heterocycles. The van der Waals surface area contributed by atoms with E-state index in [0.29, 0.717) is 18.2 Å². The second-order valence-corrected chi connectivity index (χ2v) is 4.39. The summed E-state index contributed by atoms with van der Waals surface area (Å²) in [6, 6.07) is 1.76. The normalized spacial score (nSPS) is 10.6. The van der Waals surface area contributed by atoms with E-state index in [1.54, 1.807) is 19.2 Å². The van der Waals surface area contributed by atoms with E-state index in [1.165, 1.54) is 4.68 Å². The maximum absolute atomic E-state index is 11.2. The van der Waals surface area contributed by atoms with E-state index < -0.39 is 4.92 Å². The lowest BCUT2D eigenvalue weighted by Crippen LogP contribution is -2.12. The molecule has 2 aromatic rings. The van der Waals surface area contributed by atoms with Crippen LogP contribution < -0.4 is 5.32 Å². The van der Waals surface area contributed by atoms with Crippen LogP contribution in [0, 0.1) is 24.0 Å². The summed E-state index contributed by atoms with van der Waals surface area (Å²) < 4.78 is 1.40. The predicted octanol–water partition coefficient (Wildman–Crippen LogP) is 2.01. The van der Waals surface area contributed by atoms with Gasteiger partial charge in [0.05, 0.1) is 10.6 Å². The number of nitro groups is 1. The fraction of sp³-hybridized carbons (Fsp3) is 0.417. The van der Waals surface area contributed by atoms with Crippen LogP contribution in [-0.4, -0.2) is 31.2 Å². The van der Waals surface area contributed by atoms with Gasteiger partial charge in [-0.15, -0.1) is 0 Å². The van der Waals surface area contributed by atoms with Crippen molar-refractivity contribution in [1.29, 1.82) is 0 Å². The first-order valence-electron chi connectivity index (χ1n) is 6.32. The van der Waals surface area contributed by atoms with E-state index in [-0.39, 0.29) is 11.5 Å². The number of nitrogens with one attached hydrogen (secondary N) is 1. The van der Waals surface area contributed by atoms with Gasteiger partial charge in [-0.2, -0.15) is 10.1 Å². The quantitative estimate of drug-likeness (QED) is 0.662. The zero-order valence-electron chi connectivity index (χ0n) is 11.6. The lowest BCUT2D eigenvalue weighted by atomic mass is 10.3. The van der Waals surface area contributed by atoms with Gasteiger partial charge in [-0.05, 0) is 26.3 Å². The molecule has 0 aliphatic carbocycles. The van der Waals surface area contributed by atoms with E-state index in [0.717, 1.165) is 12.1 Å². The van der Waals surface area contributed by atoms with Crippen molar-refractivity contribution in [2.24, 2.45) is 0 Å². The molecule has 106 valence electrons. The summed E-state index contributed by atoms with van der Waals surface area (Å²) in [4.78, 5) is 19.1. The SMILES string of the molecule is CCCNc1nc(C)c([N+](=O)[O-])c(-n2ccc(C)n2)n1. The molecule has 0 saturated carbocycles.